The van der Waals surface area contributed by atoms with Crippen LogP contribution in [0.3, 0.4) is 0 Å². The molecule has 0 radical (unpaired) electrons. The van der Waals surface area contributed by atoms with Crippen LogP contribution < -0.4 is 0 Å². The highest BCUT2D eigenvalue weighted by Gasteiger charge is 2.19. The van der Waals surface area contributed by atoms with E-state index in [1.807, 2.05) is 0 Å². The Morgan fingerprint density at radius 1 is 1.16 bits per heavy atom. The summed E-state index contributed by atoms with van der Waals surface area (Å²) in [4.78, 5) is 41.6. The first-order valence-corrected chi connectivity index (χ1v) is 5.52. The van der Waals surface area contributed by atoms with Crippen molar-refractivity contribution in [1.29, 1.82) is 0 Å². The van der Waals surface area contributed by atoms with Gasteiger partial charge in [-0.2, -0.15) is 0 Å². The van der Waals surface area contributed by atoms with Gasteiger partial charge in [0.2, 0.25) is 0 Å². The second kappa shape index (κ2) is 6.43. The number of nitrogens with zero attached hydrogens (tertiary/aromatic N) is 3. The smallest absolute Gasteiger partial charge is 0.356 e. The van der Waals surface area contributed by atoms with Crippen LogP contribution >= 0.6 is 0 Å². The molecule has 8 heteroatoms. The van der Waals surface area contributed by atoms with E-state index in [4.69, 9.17) is 10.2 Å². The van der Waals surface area contributed by atoms with Crippen molar-refractivity contribution >= 4 is 17.8 Å². The molecule has 1 aromatic rings. The van der Waals surface area contributed by atoms with Crippen LogP contribution in [-0.2, 0) is 4.79 Å². The monoisotopic (exact) mass is 267 g/mol. The lowest BCUT2D eigenvalue weighted by atomic mass is 10.3. The Morgan fingerprint density at radius 2 is 1.74 bits per heavy atom. The highest BCUT2D eigenvalue weighted by molar-refractivity contribution is 5.94. The fourth-order valence-corrected chi connectivity index (χ4v) is 1.40. The molecule has 2 N–H and O–H groups in total. The Hall–Kier alpha value is -2.51. The van der Waals surface area contributed by atoms with Crippen molar-refractivity contribution in [2.45, 2.75) is 13.3 Å². The molecule has 0 saturated heterocycles. The van der Waals surface area contributed by atoms with Crippen molar-refractivity contribution in [2.24, 2.45) is 0 Å². The first kappa shape index (κ1) is 14.6. The second-order valence-corrected chi connectivity index (χ2v) is 3.71. The molecule has 1 heterocycles. The number of carbonyl (C=O) groups excluding carboxylic acids is 1. The summed E-state index contributed by atoms with van der Waals surface area (Å²) in [5.74, 6) is -2.96. The normalized spacial score (nSPS) is 9.95. The zero-order valence-electron chi connectivity index (χ0n) is 10.2. The molecule has 1 aromatic heterocycles. The highest BCUT2D eigenvalue weighted by Crippen LogP contribution is 2.03. The predicted molar refractivity (Wildman–Crippen MR) is 62.8 cm³/mol. The van der Waals surface area contributed by atoms with Gasteiger partial charge in [-0.25, -0.2) is 14.8 Å². The largest absolute Gasteiger partial charge is 0.480 e. The zero-order valence-corrected chi connectivity index (χ0v) is 10.2. The first-order valence-electron chi connectivity index (χ1n) is 5.52. The Kier molecular flexibility index (Phi) is 4.92. The molecule has 1 amide bonds. The number of aliphatic carboxylic acids is 1. The van der Waals surface area contributed by atoms with E-state index in [0.29, 0.717) is 6.42 Å². The molecular formula is C11H13N3O5. The van der Waals surface area contributed by atoms with E-state index in [-0.39, 0.29) is 17.9 Å². The van der Waals surface area contributed by atoms with Crippen LogP contribution in [0.4, 0.5) is 0 Å². The molecule has 0 atom stereocenters. The summed E-state index contributed by atoms with van der Waals surface area (Å²) in [5.41, 5.74) is -0.364. The fraction of sp³-hybridized carbons (Fsp3) is 0.364. The summed E-state index contributed by atoms with van der Waals surface area (Å²) >= 11 is 0. The van der Waals surface area contributed by atoms with E-state index in [2.05, 4.69) is 9.97 Å². The van der Waals surface area contributed by atoms with Gasteiger partial charge < -0.3 is 15.1 Å². The van der Waals surface area contributed by atoms with E-state index < -0.39 is 24.4 Å². The number of carboxylic acid groups (broad SMARTS) is 2. The Balaban J connectivity index is 2.89. The van der Waals surface area contributed by atoms with Crippen molar-refractivity contribution in [1.82, 2.24) is 14.9 Å². The van der Waals surface area contributed by atoms with Crippen LogP contribution in [0.15, 0.2) is 12.4 Å². The van der Waals surface area contributed by atoms with Crippen LogP contribution in [0, 0.1) is 0 Å². The quantitative estimate of drug-likeness (QED) is 0.750. The van der Waals surface area contributed by atoms with Gasteiger partial charge in [0.05, 0.1) is 12.4 Å². The van der Waals surface area contributed by atoms with Crippen molar-refractivity contribution in [3.63, 3.8) is 0 Å². The fourth-order valence-electron chi connectivity index (χ4n) is 1.40. The summed E-state index contributed by atoms with van der Waals surface area (Å²) in [7, 11) is 0. The minimum Gasteiger partial charge on any atom is -0.480 e. The number of aromatic carboxylic acids is 1. The lowest BCUT2D eigenvalue weighted by Gasteiger charge is -2.19. The van der Waals surface area contributed by atoms with Gasteiger partial charge in [-0.3, -0.25) is 9.59 Å². The van der Waals surface area contributed by atoms with Gasteiger partial charge in [0, 0.05) is 6.54 Å². The average molecular weight is 267 g/mol. The van der Waals surface area contributed by atoms with Gasteiger partial charge in [0.1, 0.15) is 12.2 Å². The summed E-state index contributed by atoms with van der Waals surface area (Å²) in [6.07, 6.45) is 2.58. The lowest BCUT2D eigenvalue weighted by Crippen LogP contribution is -2.36. The minimum absolute atomic E-state index is 0.0836. The molecule has 0 aliphatic rings. The standard InChI is InChI=1S/C11H13N3O5/c1-2-3-14(6-9(15)16)10(17)7-4-13-8(5-12-7)11(18)19/h4-5H,2-3,6H2,1H3,(H,15,16)(H,18,19). The molecule has 8 nitrogen and oxygen atoms in total. The van der Waals surface area contributed by atoms with E-state index >= 15 is 0 Å². The number of amides is 1. The van der Waals surface area contributed by atoms with Crippen LogP contribution in [0.2, 0.25) is 0 Å². The second-order valence-electron chi connectivity index (χ2n) is 3.71. The van der Waals surface area contributed by atoms with E-state index in [9.17, 15) is 14.4 Å². The third-order valence-electron chi connectivity index (χ3n) is 2.20. The molecule has 0 saturated carbocycles. The number of carbonyl (C=O) groups is 3. The number of carboxylic acids is 2. The van der Waals surface area contributed by atoms with Crippen molar-refractivity contribution < 1.29 is 24.6 Å². The third-order valence-corrected chi connectivity index (χ3v) is 2.20. The maximum atomic E-state index is 12.0. The maximum absolute atomic E-state index is 12.0. The topological polar surface area (TPSA) is 121 Å². The molecule has 1 rings (SSSR count). The minimum atomic E-state index is -1.25. The highest BCUT2D eigenvalue weighted by atomic mass is 16.4. The lowest BCUT2D eigenvalue weighted by molar-refractivity contribution is -0.137. The van der Waals surface area contributed by atoms with Gasteiger partial charge in [0.25, 0.3) is 5.91 Å². The molecule has 0 bridgehead atoms. The van der Waals surface area contributed by atoms with E-state index in [1.54, 1.807) is 6.92 Å². The summed E-state index contributed by atoms with van der Waals surface area (Å²) in [6.45, 7) is 1.64. The van der Waals surface area contributed by atoms with Gasteiger partial charge in [-0.1, -0.05) is 6.92 Å². The molecule has 0 spiro atoms. The Morgan fingerprint density at radius 3 is 2.16 bits per heavy atom. The van der Waals surface area contributed by atoms with Crippen LogP contribution in [0.1, 0.15) is 34.3 Å². The van der Waals surface area contributed by atoms with Crippen LogP contribution in [0.5, 0.6) is 0 Å². The van der Waals surface area contributed by atoms with E-state index in [0.717, 1.165) is 17.3 Å². The van der Waals surface area contributed by atoms with Crippen LogP contribution in [-0.4, -0.2) is 56.0 Å². The molecule has 0 unspecified atom stereocenters. The zero-order chi connectivity index (χ0) is 14.4. The van der Waals surface area contributed by atoms with Crippen molar-refractivity contribution in [3.05, 3.63) is 23.8 Å². The van der Waals surface area contributed by atoms with E-state index in [1.165, 1.54) is 0 Å². The van der Waals surface area contributed by atoms with Crippen molar-refractivity contribution in [3.8, 4) is 0 Å². The summed E-state index contributed by atoms with van der Waals surface area (Å²) in [6, 6.07) is 0. The molecule has 0 aromatic carbocycles. The molecule has 0 aliphatic carbocycles. The number of hydrogen-bond acceptors (Lipinski definition) is 5. The average Bonchev–Trinajstić information content (AvgIpc) is 2.37. The number of rotatable bonds is 6. The van der Waals surface area contributed by atoms with Gasteiger partial charge in [-0.05, 0) is 6.42 Å². The molecule has 102 valence electrons. The van der Waals surface area contributed by atoms with Crippen LogP contribution in [0.25, 0.3) is 0 Å². The third kappa shape index (κ3) is 4.02. The summed E-state index contributed by atoms with van der Waals surface area (Å²) in [5, 5.41) is 17.4. The van der Waals surface area contributed by atoms with Gasteiger partial charge in [0.15, 0.2) is 5.69 Å². The Labute approximate surface area is 108 Å². The Bertz CT molecular complexity index is 486. The maximum Gasteiger partial charge on any atom is 0.356 e. The predicted octanol–water partition coefficient (Wildman–Crippen LogP) is 0.112. The molecule has 0 aliphatic heterocycles. The van der Waals surface area contributed by atoms with Crippen molar-refractivity contribution in [2.75, 3.05) is 13.1 Å². The first-order chi connectivity index (χ1) is 8.95. The summed E-state index contributed by atoms with van der Waals surface area (Å²) < 4.78 is 0. The number of aromatic nitrogens is 2. The molecular weight excluding hydrogens is 254 g/mol. The molecule has 19 heavy (non-hydrogen) atoms. The van der Waals surface area contributed by atoms with Gasteiger partial charge >= 0.3 is 11.9 Å². The van der Waals surface area contributed by atoms with Gasteiger partial charge in [-0.15, -0.1) is 0 Å². The number of hydrogen-bond donors (Lipinski definition) is 2. The SMILES string of the molecule is CCCN(CC(=O)O)C(=O)c1cnc(C(=O)O)cn1. The molecule has 0 fully saturated rings.